The number of hydrogen-bond acceptors (Lipinski definition) is 3. The highest BCUT2D eigenvalue weighted by atomic mass is 16.5. The van der Waals surface area contributed by atoms with E-state index in [2.05, 4.69) is 24.1 Å². The molecule has 0 atom stereocenters. The quantitative estimate of drug-likeness (QED) is 0.257. The van der Waals surface area contributed by atoms with E-state index in [1.807, 2.05) is 0 Å². The monoisotopic (exact) mass is 336 g/mol. The van der Waals surface area contributed by atoms with Crippen molar-refractivity contribution in [2.24, 2.45) is 4.99 Å². The van der Waals surface area contributed by atoms with Gasteiger partial charge in [0.1, 0.15) is 5.84 Å². The molecule has 3 heteroatoms. The van der Waals surface area contributed by atoms with Gasteiger partial charge < -0.3 is 0 Å². The first-order valence-electron chi connectivity index (χ1n) is 10.5. The number of aliphatic imine (C=N–C) groups is 1. The van der Waals surface area contributed by atoms with Gasteiger partial charge in [-0.3, -0.25) is 10.2 Å². The Morgan fingerprint density at radius 1 is 0.833 bits per heavy atom. The lowest BCUT2D eigenvalue weighted by Gasteiger charge is -2.10. The van der Waals surface area contributed by atoms with Crippen LogP contribution in [0.15, 0.2) is 17.1 Å². The predicted molar refractivity (Wildman–Crippen MR) is 105 cm³/mol. The van der Waals surface area contributed by atoms with Crippen molar-refractivity contribution in [2.45, 2.75) is 103 Å². The number of rotatable bonds is 16. The summed E-state index contributed by atoms with van der Waals surface area (Å²) in [6, 6.07) is 0. The van der Waals surface area contributed by atoms with Gasteiger partial charge in [-0.25, -0.2) is 5.06 Å². The summed E-state index contributed by atoms with van der Waals surface area (Å²) in [6.45, 7) is 3.72. The van der Waals surface area contributed by atoms with E-state index in [0.29, 0.717) is 6.54 Å². The fourth-order valence-electron chi connectivity index (χ4n) is 3.22. The minimum atomic E-state index is 0.682. The number of unbranched alkanes of at least 4 members (excludes halogenated alkanes) is 12. The number of hydroxylamine groups is 2. The Bertz CT molecular complexity index is 339. The number of amidine groups is 1. The Kier molecular flexibility index (Phi) is 13.9. The average molecular weight is 337 g/mol. The van der Waals surface area contributed by atoms with E-state index >= 15 is 0 Å². The van der Waals surface area contributed by atoms with Gasteiger partial charge in [-0.15, -0.1) is 0 Å². The van der Waals surface area contributed by atoms with Gasteiger partial charge in [0, 0.05) is 6.42 Å². The first kappa shape index (κ1) is 21.2. The zero-order valence-electron chi connectivity index (χ0n) is 16.0. The molecule has 0 saturated heterocycles. The molecule has 1 aliphatic rings. The minimum Gasteiger partial charge on any atom is -0.287 e. The van der Waals surface area contributed by atoms with Gasteiger partial charge >= 0.3 is 0 Å². The van der Waals surface area contributed by atoms with Crippen LogP contribution in [0.25, 0.3) is 0 Å². The molecule has 0 radical (unpaired) electrons. The summed E-state index contributed by atoms with van der Waals surface area (Å²) in [6.07, 6.45) is 24.4. The van der Waals surface area contributed by atoms with E-state index in [4.69, 9.17) is 0 Å². The lowest BCUT2D eigenvalue weighted by atomic mass is 10.1. The predicted octanol–water partition coefficient (Wildman–Crippen LogP) is 6.52. The summed E-state index contributed by atoms with van der Waals surface area (Å²) < 4.78 is 0. The fraction of sp³-hybridized carbons (Fsp3) is 0.857. The fourth-order valence-corrected chi connectivity index (χ4v) is 3.22. The van der Waals surface area contributed by atoms with Crippen LogP contribution in [0.4, 0.5) is 0 Å². The van der Waals surface area contributed by atoms with E-state index in [9.17, 15) is 5.21 Å². The maximum atomic E-state index is 9.51. The van der Waals surface area contributed by atoms with Crippen molar-refractivity contribution in [2.75, 3.05) is 13.1 Å². The molecule has 0 spiro atoms. The zero-order valence-corrected chi connectivity index (χ0v) is 16.0. The molecule has 0 saturated carbocycles. The average Bonchev–Trinajstić information content (AvgIpc) is 2.99. The molecule has 0 aromatic carbocycles. The summed E-state index contributed by atoms with van der Waals surface area (Å²) in [5.41, 5.74) is 0. The summed E-state index contributed by atoms with van der Waals surface area (Å²) in [7, 11) is 0. The van der Waals surface area contributed by atoms with E-state index < -0.39 is 0 Å². The normalized spacial score (nSPS) is 14.8. The smallest absolute Gasteiger partial charge is 0.123 e. The second-order valence-electron chi connectivity index (χ2n) is 7.11. The highest BCUT2D eigenvalue weighted by Gasteiger charge is 2.12. The van der Waals surface area contributed by atoms with Crippen LogP contribution in [0, 0.1) is 0 Å². The lowest BCUT2D eigenvalue weighted by Crippen LogP contribution is -2.23. The van der Waals surface area contributed by atoms with E-state index in [0.717, 1.165) is 25.2 Å². The number of allylic oxidation sites excluding steroid dienone is 2. The largest absolute Gasteiger partial charge is 0.287 e. The minimum absolute atomic E-state index is 0.682. The summed E-state index contributed by atoms with van der Waals surface area (Å²) in [4.78, 5) is 4.31. The van der Waals surface area contributed by atoms with E-state index in [1.165, 1.54) is 88.5 Å². The van der Waals surface area contributed by atoms with Crippen molar-refractivity contribution in [3.05, 3.63) is 12.2 Å². The second kappa shape index (κ2) is 15.7. The molecule has 1 heterocycles. The Morgan fingerprint density at radius 2 is 1.38 bits per heavy atom. The molecule has 1 rings (SSSR count). The van der Waals surface area contributed by atoms with Crippen LogP contribution in [-0.2, 0) is 0 Å². The lowest BCUT2D eigenvalue weighted by molar-refractivity contribution is -0.00500. The first-order chi connectivity index (χ1) is 11.8. The Balaban J connectivity index is 1.75. The summed E-state index contributed by atoms with van der Waals surface area (Å²) in [5.74, 6) is 0.894. The van der Waals surface area contributed by atoms with Crippen molar-refractivity contribution in [3.8, 4) is 0 Å². The van der Waals surface area contributed by atoms with E-state index in [1.54, 1.807) is 0 Å². The summed E-state index contributed by atoms with van der Waals surface area (Å²) in [5, 5.41) is 10.8. The van der Waals surface area contributed by atoms with Gasteiger partial charge in [0.05, 0.1) is 13.1 Å². The maximum absolute atomic E-state index is 9.51. The molecule has 0 aromatic rings. The van der Waals surface area contributed by atoms with Crippen molar-refractivity contribution in [3.63, 3.8) is 0 Å². The molecule has 140 valence electrons. The number of nitrogens with zero attached hydrogens (tertiary/aromatic N) is 2. The standard InChI is InChI=1S/C21H40N2O/c1-2-3-4-5-6-7-8-9-10-11-12-13-14-15-16-17-18-21-22-19-20-23(21)24/h9-10,24H,2-8,11-20H2,1H3. The van der Waals surface area contributed by atoms with Gasteiger partial charge in [-0.1, -0.05) is 76.9 Å². The Hall–Kier alpha value is -0.830. The topological polar surface area (TPSA) is 35.8 Å². The zero-order chi connectivity index (χ0) is 17.3. The van der Waals surface area contributed by atoms with Crippen molar-refractivity contribution < 1.29 is 5.21 Å². The highest BCUT2D eigenvalue weighted by molar-refractivity contribution is 5.82. The van der Waals surface area contributed by atoms with Gasteiger partial charge in [-0.2, -0.15) is 0 Å². The molecule has 0 fully saturated rings. The molecule has 1 aliphatic heterocycles. The Labute approximate surface area is 150 Å². The molecule has 0 amide bonds. The SMILES string of the molecule is CCCCCCCCC=CCCCCCCCCC1=NCCN1O. The van der Waals surface area contributed by atoms with Crippen LogP contribution in [0.1, 0.15) is 103 Å². The molecule has 1 N–H and O–H groups in total. The van der Waals surface area contributed by atoms with Crippen LogP contribution in [0.5, 0.6) is 0 Å². The third kappa shape index (κ3) is 11.7. The third-order valence-corrected chi connectivity index (χ3v) is 4.82. The molecular formula is C21H40N2O. The van der Waals surface area contributed by atoms with Crippen LogP contribution in [-0.4, -0.2) is 29.2 Å². The molecule has 24 heavy (non-hydrogen) atoms. The first-order valence-corrected chi connectivity index (χ1v) is 10.5. The molecule has 3 nitrogen and oxygen atoms in total. The summed E-state index contributed by atoms with van der Waals surface area (Å²) >= 11 is 0. The molecule has 0 aliphatic carbocycles. The van der Waals surface area contributed by atoms with Crippen LogP contribution in [0.3, 0.4) is 0 Å². The van der Waals surface area contributed by atoms with Crippen LogP contribution in [0.2, 0.25) is 0 Å². The molecule has 0 unspecified atom stereocenters. The second-order valence-corrected chi connectivity index (χ2v) is 7.11. The van der Waals surface area contributed by atoms with Gasteiger partial charge in [0.2, 0.25) is 0 Å². The van der Waals surface area contributed by atoms with Gasteiger partial charge in [-0.05, 0) is 32.1 Å². The molecule has 0 aromatic heterocycles. The van der Waals surface area contributed by atoms with Crippen molar-refractivity contribution in [1.82, 2.24) is 5.06 Å². The molecular weight excluding hydrogens is 296 g/mol. The van der Waals surface area contributed by atoms with Gasteiger partial charge in [0.25, 0.3) is 0 Å². The van der Waals surface area contributed by atoms with E-state index in [-0.39, 0.29) is 0 Å². The number of hydrogen-bond donors (Lipinski definition) is 1. The van der Waals surface area contributed by atoms with Crippen LogP contribution >= 0.6 is 0 Å². The third-order valence-electron chi connectivity index (χ3n) is 4.82. The highest BCUT2D eigenvalue weighted by Crippen LogP contribution is 2.12. The molecule has 0 bridgehead atoms. The van der Waals surface area contributed by atoms with Crippen molar-refractivity contribution in [1.29, 1.82) is 0 Å². The van der Waals surface area contributed by atoms with Gasteiger partial charge in [0.15, 0.2) is 0 Å². The van der Waals surface area contributed by atoms with Crippen LogP contribution < -0.4 is 0 Å². The Morgan fingerprint density at radius 3 is 1.92 bits per heavy atom. The van der Waals surface area contributed by atoms with Crippen molar-refractivity contribution >= 4 is 5.84 Å². The maximum Gasteiger partial charge on any atom is 0.123 e.